The molecule has 27 heavy (non-hydrogen) atoms. The molecule has 0 aromatic carbocycles. The molecule has 1 rings (SSSR count). The van der Waals surface area contributed by atoms with E-state index in [9.17, 15) is 9.59 Å². The minimum absolute atomic E-state index is 0.224. The van der Waals surface area contributed by atoms with E-state index in [1.165, 1.54) is 19.3 Å². The van der Waals surface area contributed by atoms with Crippen LogP contribution in [0.4, 0.5) is 0 Å². The Labute approximate surface area is 162 Å². The zero-order chi connectivity index (χ0) is 20.1. The molecule has 7 N–H and O–H groups in total. The van der Waals surface area contributed by atoms with Gasteiger partial charge in [0.05, 0.1) is 6.17 Å². The molecule has 1 unspecified atom stereocenters. The molecule has 8 nitrogen and oxygen atoms in total. The third kappa shape index (κ3) is 10.6. The van der Waals surface area contributed by atoms with Crippen molar-refractivity contribution in [1.29, 1.82) is 0 Å². The molecule has 0 aromatic heterocycles. The second-order valence-electron chi connectivity index (χ2n) is 7.63. The molecule has 1 heterocycles. The molecule has 8 heteroatoms. The summed E-state index contributed by atoms with van der Waals surface area (Å²) in [6.07, 6.45) is 9.17. The fraction of sp³-hybridized carbons (Fsp3) is 0.895. The molecule has 0 aromatic rings. The normalized spacial score (nSPS) is 18.3. The predicted molar refractivity (Wildman–Crippen MR) is 105 cm³/mol. The topological polar surface area (TPSA) is 142 Å². The van der Waals surface area contributed by atoms with Gasteiger partial charge in [-0.05, 0) is 32.2 Å². The predicted octanol–water partition coefficient (Wildman–Crippen LogP) is 1.19. The molecular weight excluding hydrogens is 348 g/mol. The SMILES string of the molecule is NC(N)CCC1CNCCN1CCCCCCCCCC(C(=O)O)C(=O)O. The number of rotatable bonds is 15. The lowest BCUT2D eigenvalue weighted by Gasteiger charge is -2.36. The van der Waals surface area contributed by atoms with Crippen LogP contribution in [0.1, 0.15) is 64.2 Å². The second kappa shape index (κ2) is 13.9. The first-order valence-electron chi connectivity index (χ1n) is 10.3. The van der Waals surface area contributed by atoms with Crippen LogP contribution in [0.5, 0.6) is 0 Å². The number of unbranched alkanes of at least 4 members (excludes halogenated alkanes) is 6. The van der Waals surface area contributed by atoms with Crippen molar-refractivity contribution in [2.75, 3.05) is 26.2 Å². The van der Waals surface area contributed by atoms with E-state index < -0.39 is 17.9 Å². The summed E-state index contributed by atoms with van der Waals surface area (Å²) in [5.41, 5.74) is 11.3. The molecule has 1 fully saturated rings. The van der Waals surface area contributed by atoms with Crippen LogP contribution >= 0.6 is 0 Å². The number of piperazine rings is 1. The van der Waals surface area contributed by atoms with Gasteiger partial charge in [0.15, 0.2) is 5.92 Å². The summed E-state index contributed by atoms with van der Waals surface area (Å²) in [6.45, 7) is 4.25. The molecule has 0 radical (unpaired) electrons. The van der Waals surface area contributed by atoms with Crippen LogP contribution in [0.3, 0.4) is 0 Å². The number of carboxylic acids is 2. The maximum absolute atomic E-state index is 10.8. The van der Waals surface area contributed by atoms with Gasteiger partial charge in [-0.25, -0.2) is 0 Å². The van der Waals surface area contributed by atoms with Crippen molar-refractivity contribution in [1.82, 2.24) is 10.2 Å². The van der Waals surface area contributed by atoms with E-state index >= 15 is 0 Å². The van der Waals surface area contributed by atoms with Crippen molar-refractivity contribution >= 4 is 11.9 Å². The molecule has 0 saturated carbocycles. The van der Waals surface area contributed by atoms with Crippen molar-refractivity contribution in [3.63, 3.8) is 0 Å². The number of aliphatic carboxylic acids is 2. The standard InChI is InChI=1S/C19H38N4O4/c20-17(21)10-9-15-14-22-11-13-23(15)12-7-5-3-1-2-4-6-8-16(18(24)25)19(26)27/h15-17,22H,1-14,20-21H2,(H,24,25)(H,26,27). The summed E-state index contributed by atoms with van der Waals surface area (Å²) in [6, 6.07) is 0.532. The third-order valence-corrected chi connectivity index (χ3v) is 5.34. The smallest absolute Gasteiger partial charge is 0.317 e. The van der Waals surface area contributed by atoms with Gasteiger partial charge in [-0.2, -0.15) is 0 Å². The van der Waals surface area contributed by atoms with E-state index in [0.717, 1.165) is 58.3 Å². The van der Waals surface area contributed by atoms with Gasteiger partial charge in [0.2, 0.25) is 0 Å². The van der Waals surface area contributed by atoms with Gasteiger partial charge in [-0.15, -0.1) is 0 Å². The number of carboxylic acid groups (broad SMARTS) is 2. The third-order valence-electron chi connectivity index (χ3n) is 5.34. The Morgan fingerprint density at radius 1 is 0.963 bits per heavy atom. The van der Waals surface area contributed by atoms with E-state index in [-0.39, 0.29) is 12.6 Å². The molecular formula is C19H38N4O4. The van der Waals surface area contributed by atoms with E-state index in [1.54, 1.807) is 0 Å². The summed E-state index contributed by atoms with van der Waals surface area (Å²) < 4.78 is 0. The molecule has 1 aliphatic rings. The molecule has 1 atom stereocenters. The molecule has 158 valence electrons. The second-order valence-corrected chi connectivity index (χ2v) is 7.63. The van der Waals surface area contributed by atoms with Crippen LogP contribution in [-0.2, 0) is 9.59 Å². The van der Waals surface area contributed by atoms with E-state index in [2.05, 4.69) is 10.2 Å². The van der Waals surface area contributed by atoms with E-state index in [1.807, 2.05) is 0 Å². The molecule has 0 amide bonds. The van der Waals surface area contributed by atoms with Gasteiger partial charge in [0.1, 0.15) is 0 Å². The van der Waals surface area contributed by atoms with Crippen LogP contribution < -0.4 is 16.8 Å². The summed E-state index contributed by atoms with van der Waals surface area (Å²) in [7, 11) is 0. The molecule has 1 aliphatic heterocycles. The Bertz CT molecular complexity index is 420. The van der Waals surface area contributed by atoms with Crippen LogP contribution in [0.15, 0.2) is 0 Å². The van der Waals surface area contributed by atoms with Crippen LogP contribution in [0.25, 0.3) is 0 Å². The minimum Gasteiger partial charge on any atom is -0.481 e. The fourth-order valence-electron chi connectivity index (χ4n) is 3.67. The largest absolute Gasteiger partial charge is 0.481 e. The van der Waals surface area contributed by atoms with E-state index in [4.69, 9.17) is 21.7 Å². The highest BCUT2D eigenvalue weighted by atomic mass is 16.4. The van der Waals surface area contributed by atoms with Crippen molar-refractivity contribution < 1.29 is 19.8 Å². The molecule has 1 saturated heterocycles. The zero-order valence-corrected chi connectivity index (χ0v) is 16.4. The lowest BCUT2D eigenvalue weighted by Crippen LogP contribution is -2.52. The number of nitrogens with one attached hydrogen (secondary N) is 1. The average Bonchev–Trinajstić information content (AvgIpc) is 2.61. The van der Waals surface area contributed by atoms with Gasteiger partial charge >= 0.3 is 11.9 Å². The molecule has 0 bridgehead atoms. The highest BCUT2D eigenvalue weighted by molar-refractivity contribution is 5.92. The monoisotopic (exact) mass is 386 g/mol. The lowest BCUT2D eigenvalue weighted by atomic mass is 10.00. The van der Waals surface area contributed by atoms with Gasteiger partial charge in [0.25, 0.3) is 0 Å². The Morgan fingerprint density at radius 3 is 2.15 bits per heavy atom. The fourth-order valence-corrected chi connectivity index (χ4v) is 3.67. The first-order valence-corrected chi connectivity index (χ1v) is 10.3. The Hall–Kier alpha value is -1.22. The number of hydrogen-bond acceptors (Lipinski definition) is 6. The summed E-state index contributed by atoms with van der Waals surface area (Å²) in [5, 5.41) is 21.1. The van der Waals surface area contributed by atoms with Crippen molar-refractivity contribution in [3.05, 3.63) is 0 Å². The van der Waals surface area contributed by atoms with Crippen LogP contribution in [-0.4, -0.2) is 65.4 Å². The van der Waals surface area contributed by atoms with Gasteiger partial charge < -0.3 is 27.0 Å². The number of nitrogens with two attached hydrogens (primary N) is 2. The van der Waals surface area contributed by atoms with Gasteiger partial charge in [-0.1, -0.05) is 38.5 Å². The average molecular weight is 387 g/mol. The van der Waals surface area contributed by atoms with Crippen molar-refractivity contribution in [3.8, 4) is 0 Å². The van der Waals surface area contributed by atoms with Crippen LogP contribution in [0.2, 0.25) is 0 Å². The zero-order valence-electron chi connectivity index (χ0n) is 16.4. The Morgan fingerprint density at radius 2 is 1.56 bits per heavy atom. The lowest BCUT2D eigenvalue weighted by molar-refractivity contribution is -0.154. The van der Waals surface area contributed by atoms with Crippen molar-refractivity contribution in [2.45, 2.75) is 76.4 Å². The quantitative estimate of drug-likeness (QED) is 0.160. The van der Waals surface area contributed by atoms with Crippen molar-refractivity contribution in [2.24, 2.45) is 17.4 Å². The Balaban J connectivity index is 2.04. The van der Waals surface area contributed by atoms with E-state index in [0.29, 0.717) is 12.5 Å². The maximum Gasteiger partial charge on any atom is 0.317 e. The summed E-state index contributed by atoms with van der Waals surface area (Å²) >= 11 is 0. The summed E-state index contributed by atoms with van der Waals surface area (Å²) in [4.78, 5) is 24.2. The van der Waals surface area contributed by atoms with Crippen LogP contribution in [0, 0.1) is 5.92 Å². The number of nitrogens with zero attached hydrogens (tertiary/aromatic N) is 1. The molecule has 0 aliphatic carbocycles. The number of carbonyl (C=O) groups is 2. The number of hydrogen-bond donors (Lipinski definition) is 5. The minimum atomic E-state index is -1.26. The first-order chi connectivity index (χ1) is 12.9. The first kappa shape index (κ1) is 23.8. The summed E-state index contributed by atoms with van der Waals surface area (Å²) in [5.74, 6) is -3.73. The highest BCUT2D eigenvalue weighted by Crippen LogP contribution is 2.15. The molecule has 0 spiro atoms. The maximum atomic E-state index is 10.8. The Kier molecular flexibility index (Phi) is 12.2. The highest BCUT2D eigenvalue weighted by Gasteiger charge is 2.24. The van der Waals surface area contributed by atoms with Gasteiger partial charge in [0, 0.05) is 25.7 Å². The van der Waals surface area contributed by atoms with Gasteiger partial charge in [-0.3, -0.25) is 14.5 Å².